The fourth-order valence-corrected chi connectivity index (χ4v) is 2.18. The molecule has 0 fully saturated rings. The summed E-state index contributed by atoms with van der Waals surface area (Å²) in [6.07, 6.45) is 0. The molecule has 0 radical (unpaired) electrons. The minimum Gasteiger partial charge on any atom is -0.140 e. The van der Waals surface area contributed by atoms with Gasteiger partial charge in [0, 0.05) is 5.56 Å². The van der Waals surface area contributed by atoms with Gasteiger partial charge in [-0.25, -0.2) is 0 Å². The highest BCUT2D eigenvalue weighted by molar-refractivity contribution is 5.69. The maximum atomic E-state index is 4.32. The predicted molar refractivity (Wildman–Crippen MR) is 88.1 cm³/mol. The zero-order valence-corrected chi connectivity index (χ0v) is 11.6. The number of nitrogens with zero attached hydrogens (tertiary/aromatic N) is 1. The molecule has 0 unspecified atom stereocenters. The van der Waals surface area contributed by atoms with E-state index in [0.29, 0.717) is 0 Å². The van der Waals surface area contributed by atoms with Crippen LogP contribution in [0.2, 0.25) is 0 Å². The molecule has 0 aliphatic rings. The molecule has 0 amide bonds. The molecule has 0 heterocycles. The SMILES string of the molecule is C(#[N+][CH-]c1ccccc1-c1ccccc1)c1ccccc1. The van der Waals surface area contributed by atoms with Crippen LogP contribution in [0, 0.1) is 12.6 Å². The molecule has 1 heteroatoms. The second-order valence-electron chi connectivity index (χ2n) is 4.69. The van der Waals surface area contributed by atoms with Gasteiger partial charge in [-0.2, -0.15) is 0 Å². The molecule has 0 aliphatic carbocycles. The van der Waals surface area contributed by atoms with Crippen LogP contribution in [0.15, 0.2) is 84.9 Å². The van der Waals surface area contributed by atoms with Gasteiger partial charge in [0.1, 0.15) is 0 Å². The summed E-state index contributed by atoms with van der Waals surface area (Å²) < 4.78 is 0. The van der Waals surface area contributed by atoms with Gasteiger partial charge in [-0.1, -0.05) is 89.5 Å². The molecule has 21 heavy (non-hydrogen) atoms. The second-order valence-corrected chi connectivity index (χ2v) is 4.69. The lowest BCUT2D eigenvalue weighted by Gasteiger charge is -2.09. The standard InChI is InChI=1S/C20H15N/c1-3-9-17(10-4-1)15-21-16-19-13-7-8-14-20(19)18-11-5-2-6-12-18/h1-14,16H. The summed E-state index contributed by atoms with van der Waals surface area (Å²) in [5.41, 5.74) is 4.44. The third-order valence-electron chi connectivity index (χ3n) is 3.22. The Morgan fingerprint density at radius 1 is 0.667 bits per heavy atom. The molecule has 0 atom stereocenters. The summed E-state index contributed by atoms with van der Waals surface area (Å²) >= 11 is 0. The van der Waals surface area contributed by atoms with Gasteiger partial charge in [0.2, 0.25) is 12.6 Å². The van der Waals surface area contributed by atoms with E-state index in [1.54, 1.807) is 0 Å². The van der Waals surface area contributed by atoms with Gasteiger partial charge in [-0.3, -0.25) is 0 Å². The van der Waals surface area contributed by atoms with Gasteiger partial charge in [-0.05, 0) is 0 Å². The first-order valence-electron chi connectivity index (χ1n) is 6.92. The molecule has 0 saturated heterocycles. The molecular weight excluding hydrogens is 254 g/mol. The van der Waals surface area contributed by atoms with E-state index in [9.17, 15) is 0 Å². The van der Waals surface area contributed by atoms with E-state index in [1.807, 2.05) is 67.2 Å². The number of rotatable bonds is 2. The lowest BCUT2D eigenvalue weighted by Crippen LogP contribution is -1.85. The van der Waals surface area contributed by atoms with Crippen LogP contribution in [0.3, 0.4) is 0 Å². The first-order chi connectivity index (χ1) is 10.4. The molecule has 3 aromatic carbocycles. The molecule has 3 rings (SSSR count). The summed E-state index contributed by atoms with van der Waals surface area (Å²) in [6, 6.07) is 31.5. The predicted octanol–water partition coefficient (Wildman–Crippen LogP) is 5.24. The van der Waals surface area contributed by atoms with Gasteiger partial charge < -0.3 is 0 Å². The van der Waals surface area contributed by atoms with Crippen LogP contribution in [0.4, 0.5) is 0 Å². The summed E-state index contributed by atoms with van der Waals surface area (Å²) in [4.78, 5) is 4.32. The van der Waals surface area contributed by atoms with Crippen LogP contribution in [0.5, 0.6) is 0 Å². The highest BCUT2D eigenvalue weighted by atomic mass is 14.6. The van der Waals surface area contributed by atoms with Crippen molar-refractivity contribution in [1.82, 2.24) is 0 Å². The normalized spacial score (nSPS) is 9.52. The molecule has 0 bridgehead atoms. The average Bonchev–Trinajstić information content (AvgIpc) is 2.57. The van der Waals surface area contributed by atoms with Crippen LogP contribution in [0.1, 0.15) is 11.1 Å². The molecule has 100 valence electrons. The van der Waals surface area contributed by atoms with E-state index in [-0.39, 0.29) is 0 Å². The quantitative estimate of drug-likeness (QED) is 0.560. The van der Waals surface area contributed by atoms with Crippen molar-refractivity contribution in [3.8, 4) is 17.2 Å². The van der Waals surface area contributed by atoms with Crippen LogP contribution < -0.4 is 0 Å². The minimum atomic E-state index is 0.978. The highest BCUT2D eigenvalue weighted by Crippen LogP contribution is 2.24. The van der Waals surface area contributed by atoms with Crippen LogP contribution in [-0.4, -0.2) is 0 Å². The van der Waals surface area contributed by atoms with Gasteiger partial charge in [0.25, 0.3) is 0 Å². The maximum absolute atomic E-state index is 4.32. The van der Waals surface area contributed by atoms with Crippen molar-refractivity contribution in [2.45, 2.75) is 0 Å². The number of benzene rings is 3. The Kier molecular flexibility index (Phi) is 4.00. The van der Waals surface area contributed by atoms with Crippen molar-refractivity contribution in [3.63, 3.8) is 0 Å². The molecule has 0 spiro atoms. The van der Waals surface area contributed by atoms with Crippen molar-refractivity contribution in [2.24, 2.45) is 0 Å². The first-order valence-corrected chi connectivity index (χ1v) is 6.92. The molecule has 0 saturated carbocycles. The summed E-state index contributed by atoms with van der Waals surface area (Å²) in [6.45, 7) is 1.86. The largest absolute Gasteiger partial charge is 0.222 e. The Morgan fingerprint density at radius 2 is 1.29 bits per heavy atom. The molecule has 0 N–H and O–H groups in total. The molecule has 1 nitrogen and oxygen atoms in total. The number of hydrogen-bond donors (Lipinski definition) is 0. The molecule has 3 aromatic rings. The van der Waals surface area contributed by atoms with Crippen molar-refractivity contribution in [2.75, 3.05) is 0 Å². The monoisotopic (exact) mass is 269 g/mol. The van der Waals surface area contributed by atoms with Crippen molar-refractivity contribution < 1.29 is 0 Å². The Balaban J connectivity index is 1.86. The summed E-state index contributed by atoms with van der Waals surface area (Å²) in [5, 5.41) is 0. The lowest BCUT2D eigenvalue weighted by atomic mass is 10.00. The number of hydrogen-bond acceptors (Lipinski definition) is 0. The van der Waals surface area contributed by atoms with E-state index < -0.39 is 0 Å². The zero-order valence-electron chi connectivity index (χ0n) is 11.6. The van der Waals surface area contributed by atoms with E-state index in [0.717, 1.165) is 11.1 Å². The van der Waals surface area contributed by atoms with Crippen LogP contribution >= 0.6 is 0 Å². The van der Waals surface area contributed by atoms with Gasteiger partial charge >= 0.3 is 0 Å². The second kappa shape index (κ2) is 6.45. The van der Waals surface area contributed by atoms with Crippen LogP contribution in [0.25, 0.3) is 16.0 Å². The van der Waals surface area contributed by atoms with E-state index in [2.05, 4.69) is 35.2 Å². The minimum absolute atomic E-state index is 0.978. The van der Waals surface area contributed by atoms with Crippen molar-refractivity contribution in [1.29, 1.82) is 0 Å². The Morgan fingerprint density at radius 3 is 2.05 bits per heavy atom. The third kappa shape index (κ3) is 3.32. The van der Waals surface area contributed by atoms with E-state index >= 15 is 0 Å². The first kappa shape index (κ1) is 13.0. The summed E-state index contributed by atoms with van der Waals surface area (Å²) in [5.74, 6) is 0. The fraction of sp³-hybridized carbons (Fsp3) is 0. The average molecular weight is 269 g/mol. The van der Waals surface area contributed by atoms with E-state index in [4.69, 9.17) is 0 Å². The Bertz CT molecular complexity index is 765. The third-order valence-corrected chi connectivity index (χ3v) is 3.22. The maximum Gasteiger partial charge on any atom is 0.222 e. The Labute approximate surface area is 125 Å². The molecule has 0 aliphatic heterocycles. The lowest BCUT2D eigenvalue weighted by molar-refractivity contribution is 1.49. The smallest absolute Gasteiger partial charge is 0.140 e. The topological polar surface area (TPSA) is 4.36 Å². The van der Waals surface area contributed by atoms with Gasteiger partial charge in [0.15, 0.2) is 0 Å². The van der Waals surface area contributed by atoms with Gasteiger partial charge in [0.05, 0.1) is 0 Å². The zero-order chi connectivity index (χ0) is 14.3. The highest BCUT2D eigenvalue weighted by Gasteiger charge is 2.01. The van der Waals surface area contributed by atoms with Gasteiger partial charge in [-0.15, -0.1) is 17.0 Å². The van der Waals surface area contributed by atoms with Crippen molar-refractivity contribution in [3.05, 3.63) is 107 Å². The Hall–Kier alpha value is -2.98. The molecular formula is C20H15N. The van der Waals surface area contributed by atoms with Crippen molar-refractivity contribution >= 4 is 0 Å². The van der Waals surface area contributed by atoms with E-state index in [1.165, 1.54) is 11.1 Å². The van der Waals surface area contributed by atoms with Crippen LogP contribution in [-0.2, 0) is 0 Å². The molecule has 0 aromatic heterocycles. The fourth-order valence-electron chi connectivity index (χ4n) is 2.18. The summed E-state index contributed by atoms with van der Waals surface area (Å²) in [7, 11) is 0.